The second-order valence-corrected chi connectivity index (χ2v) is 10.2. The van der Waals surface area contributed by atoms with Crippen LogP contribution in [0, 0.1) is 6.92 Å². The quantitative estimate of drug-likeness (QED) is 0.533. The Bertz CT molecular complexity index is 1350. The molecule has 0 radical (unpaired) electrons. The van der Waals surface area contributed by atoms with Crippen LogP contribution in [0.3, 0.4) is 0 Å². The average Bonchev–Trinajstić information content (AvgIpc) is 3.15. The van der Waals surface area contributed by atoms with Crippen molar-refractivity contribution in [1.29, 1.82) is 0 Å². The van der Waals surface area contributed by atoms with E-state index in [-0.39, 0.29) is 16.5 Å². The van der Waals surface area contributed by atoms with E-state index < -0.39 is 28.0 Å². The monoisotopic (exact) mass is 478 g/mol. The molecule has 1 aliphatic heterocycles. The number of rotatable bonds is 6. The van der Waals surface area contributed by atoms with Crippen LogP contribution in [0.25, 0.3) is 0 Å². The van der Waals surface area contributed by atoms with Gasteiger partial charge in [-0.15, -0.1) is 0 Å². The number of hydrogen-bond acceptors (Lipinski definition) is 5. The van der Waals surface area contributed by atoms with Crippen LogP contribution in [-0.2, 0) is 26.0 Å². The van der Waals surface area contributed by atoms with Crippen molar-refractivity contribution < 1.29 is 22.7 Å². The number of nitrogens with one attached hydrogen (secondary N) is 1. The fourth-order valence-corrected chi connectivity index (χ4v) is 5.79. The lowest BCUT2D eigenvalue weighted by Gasteiger charge is -2.24. The number of carbonyl (C=O) groups is 2. The molecule has 34 heavy (non-hydrogen) atoms. The molecule has 2 atom stereocenters. The van der Waals surface area contributed by atoms with Gasteiger partial charge < -0.3 is 10.1 Å². The number of esters is 1. The van der Waals surface area contributed by atoms with Gasteiger partial charge in [0.25, 0.3) is 15.9 Å². The molecule has 3 aromatic carbocycles. The van der Waals surface area contributed by atoms with Crippen LogP contribution in [0.5, 0.6) is 0 Å². The lowest BCUT2D eigenvalue weighted by molar-refractivity contribution is -0.123. The van der Waals surface area contributed by atoms with Gasteiger partial charge in [0.1, 0.15) is 0 Å². The van der Waals surface area contributed by atoms with E-state index in [2.05, 4.69) is 5.32 Å². The minimum Gasteiger partial charge on any atom is -0.449 e. The molecule has 0 fully saturated rings. The number of sulfonamides is 1. The fourth-order valence-electron chi connectivity index (χ4n) is 4.05. The van der Waals surface area contributed by atoms with E-state index in [0.29, 0.717) is 17.8 Å². The normalized spacial score (nSPS) is 16.0. The van der Waals surface area contributed by atoms with Crippen molar-refractivity contribution in [2.45, 2.75) is 44.2 Å². The van der Waals surface area contributed by atoms with Crippen LogP contribution in [-0.4, -0.2) is 32.4 Å². The molecule has 1 heterocycles. The molecule has 2 unspecified atom stereocenters. The van der Waals surface area contributed by atoms with Gasteiger partial charge in [-0.05, 0) is 74.7 Å². The van der Waals surface area contributed by atoms with E-state index >= 15 is 0 Å². The Hall–Kier alpha value is -3.65. The lowest BCUT2D eigenvalue weighted by atomic mass is 10.1. The van der Waals surface area contributed by atoms with E-state index in [0.717, 1.165) is 11.1 Å². The maximum atomic E-state index is 13.5. The molecule has 0 aliphatic carbocycles. The summed E-state index contributed by atoms with van der Waals surface area (Å²) < 4.78 is 33.6. The third-order valence-corrected chi connectivity index (χ3v) is 7.63. The zero-order valence-electron chi connectivity index (χ0n) is 19.2. The highest BCUT2D eigenvalue weighted by Gasteiger charge is 2.36. The zero-order valence-corrected chi connectivity index (χ0v) is 20.0. The third kappa shape index (κ3) is 4.68. The van der Waals surface area contributed by atoms with Crippen LogP contribution in [0.4, 0.5) is 11.4 Å². The van der Waals surface area contributed by atoms with Gasteiger partial charge in [-0.1, -0.05) is 36.4 Å². The molecular formula is C26H26N2O5S. The molecular weight excluding hydrogens is 452 g/mol. The maximum Gasteiger partial charge on any atom is 0.338 e. The smallest absolute Gasteiger partial charge is 0.338 e. The van der Waals surface area contributed by atoms with Crippen molar-refractivity contribution >= 4 is 33.3 Å². The SMILES string of the molecule is Cc1cccc(NC(=O)C(C)OC(=O)c2cccc(S(=O)(=O)N3c4ccccc4CC3C)c2)c1. The molecule has 1 N–H and O–H groups in total. The minimum absolute atomic E-state index is 0.0117. The number of para-hydroxylation sites is 1. The average molecular weight is 479 g/mol. The first-order chi connectivity index (χ1) is 16.2. The van der Waals surface area contributed by atoms with Crippen molar-refractivity contribution in [1.82, 2.24) is 0 Å². The molecule has 176 valence electrons. The first-order valence-electron chi connectivity index (χ1n) is 11.0. The summed E-state index contributed by atoms with van der Waals surface area (Å²) in [6, 6.07) is 20.1. The second kappa shape index (κ2) is 9.30. The van der Waals surface area contributed by atoms with Crippen LogP contribution in [0.1, 0.15) is 35.3 Å². The van der Waals surface area contributed by atoms with Gasteiger partial charge in [0.05, 0.1) is 16.1 Å². The fraction of sp³-hybridized carbons (Fsp3) is 0.231. The predicted molar refractivity (Wildman–Crippen MR) is 130 cm³/mol. The van der Waals surface area contributed by atoms with Crippen LogP contribution in [0.15, 0.2) is 77.7 Å². The predicted octanol–water partition coefficient (Wildman–Crippen LogP) is 4.32. The molecule has 1 aliphatic rings. The van der Waals surface area contributed by atoms with E-state index in [1.807, 2.05) is 38.1 Å². The standard InChI is InChI=1S/C26H26N2O5S/c1-17-8-6-11-22(14-17)27-25(29)19(3)33-26(30)21-10-7-12-23(16-21)34(31,32)28-18(2)15-20-9-4-5-13-24(20)28/h4-14,16,18-19H,15H2,1-3H3,(H,27,29). The topological polar surface area (TPSA) is 92.8 Å². The van der Waals surface area contributed by atoms with E-state index in [9.17, 15) is 18.0 Å². The summed E-state index contributed by atoms with van der Waals surface area (Å²) in [6.45, 7) is 5.22. The lowest BCUT2D eigenvalue weighted by Crippen LogP contribution is -2.35. The minimum atomic E-state index is -3.90. The van der Waals surface area contributed by atoms with Gasteiger partial charge in [0.2, 0.25) is 0 Å². The Kier molecular flexibility index (Phi) is 6.43. The van der Waals surface area contributed by atoms with Crippen molar-refractivity contribution in [3.05, 3.63) is 89.5 Å². The molecule has 0 aromatic heterocycles. The number of aryl methyl sites for hydroxylation is 1. The number of carbonyl (C=O) groups excluding carboxylic acids is 2. The van der Waals surface area contributed by atoms with E-state index in [4.69, 9.17) is 4.74 Å². The Balaban J connectivity index is 1.51. The molecule has 8 heteroatoms. The first kappa shape index (κ1) is 23.5. The third-order valence-electron chi connectivity index (χ3n) is 5.71. The molecule has 4 rings (SSSR count). The number of nitrogens with zero attached hydrogens (tertiary/aromatic N) is 1. The number of anilines is 2. The second-order valence-electron chi connectivity index (χ2n) is 8.42. The molecule has 7 nitrogen and oxygen atoms in total. The van der Waals surface area contributed by atoms with Crippen molar-refractivity contribution in [3.8, 4) is 0 Å². The highest BCUT2D eigenvalue weighted by atomic mass is 32.2. The first-order valence-corrected chi connectivity index (χ1v) is 12.4. The maximum absolute atomic E-state index is 13.5. The molecule has 0 bridgehead atoms. The molecule has 0 saturated carbocycles. The summed E-state index contributed by atoms with van der Waals surface area (Å²) in [5.41, 5.74) is 3.24. The Morgan fingerprint density at radius 2 is 1.76 bits per heavy atom. The van der Waals surface area contributed by atoms with Crippen molar-refractivity contribution in [2.24, 2.45) is 0 Å². The molecule has 0 spiro atoms. The Labute approximate surface area is 199 Å². The summed E-state index contributed by atoms with van der Waals surface area (Å²) in [4.78, 5) is 25.2. The number of amides is 1. The molecule has 1 amide bonds. The number of hydrogen-bond donors (Lipinski definition) is 1. The van der Waals surface area contributed by atoms with Crippen molar-refractivity contribution in [3.63, 3.8) is 0 Å². The van der Waals surface area contributed by atoms with Gasteiger partial charge in [-0.3, -0.25) is 9.10 Å². The summed E-state index contributed by atoms with van der Waals surface area (Å²) in [6.07, 6.45) is -0.455. The van der Waals surface area contributed by atoms with E-state index in [1.165, 1.54) is 35.5 Å². The van der Waals surface area contributed by atoms with Gasteiger partial charge in [0, 0.05) is 11.7 Å². The highest BCUT2D eigenvalue weighted by molar-refractivity contribution is 7.92. The van der Waals surface area contributed by atoms with Gasteiger partial charge in [0.15, 0.2) is 6.10 Å². The highest BCUT2D eigenvalue weighted by Crippen LogP contribution is 2.36. The van der Waals surface area contributed by atoms with Crippen molar-refractivity contribution in [2.75, 3.05) is 9.62 Å². The molecule has 0 saturated heterocycles. The van der Waals surface area contributed by atoms with E-state index in [1.54, 1.807) is 24.3 Å². The number of fused-ring (bicyclic) bond motifs is 1. The largest absolute Gasteiger partial charge is 0.449 e. The van der Waals surface area contributed by atoms with Crippen LogP contribution < -0.4 is 9.62 Å². The van der Waals surface area contributed by atoms with Crippen LogP contribution >= 0.6 is 0 Å². The van der Waals surface area contributed by atoms with Crippen LogP contribution in [0.2, 0.25) is 0 Å². The van der Waals surface area contributed by atoms with Gasteiger partial charge in [-0.2, -0.15) is 0 Å². The molecule has 3 aromatic rings. The summed E-state index contributed by atoms with van der Waals surface area (Å²) in [7, 11) is -3.90. The van der Waals surface area contributed by atoms with Gasteiger partial charge in [-0.25, -0.2) is 13.2 Å². The summed E-state index contributed by atoms with van der Waals surface area (Å²) >= 11 is 0. The Morgan fingerprint density at radius 3 is 2.53 bits per heavy atom. The zero-order chi connectivity index (χ0) is 24.5. The summed E-state index contributed by atoms with van der Waals surface area (Å²) in [5.74, 6) is -1.26. The summed E-state index contributed by atoms with van der Waals surface area (Å²) in [5, 5.41) is 2.71. The number of benzene rings is 3. The van der Waals surface area contributed by atoms with Gasteiger partial charge >= 0.3 is 5.97 Å². The Morgan fingerprint density at radius 1 is 1.03 bits per heavy atom. The number of ether oxygens (including phenoxy) is 1.